The molecule has 0 radical (unpaired) electrons. The van der Waals surface area contributed by atoms with Crippen molar-refractivity contribution < 1.29 is 9.26 Å². The number of aliphatic hydroxyl groups excluding tert-OH is 1. The fourth-order valence-corrected chi connectivity index (χ4v) is 2.87. The molecule has 5 nitrogen and oxygen atoms in total. The fourth-order valence-electron chi connectivity index (χ4n) is 2.60. The summed E-state index contributed by atoms with van der Waals surface area (Å²) >= 11 is 3.28. The van der Waals surface area contributed by atoms with Gasteiger partial charge in [0.2, 0.25) is 0 Å². The van der Waals surface area contributed by atoms with Crippen LogP contribution in [0.1, 0.15) is 28.4 Å². The Balaban J connectivity index is 2.06. The van der Waals surface area contributed by atoms with Crippen LogP contribution in [0.5, 0.6) is 0 Å². The normalized spacial score (nSPS) is 32.3. The summed E-state index contributed by atoms with van der Waals surface area (Å²) in [5.74, 6) is 0.609. The number of nitrogens with zero attached hydrogens (tertiary/aromatic N) is 3. The van der Waals surface area contributed by atoms with Crippen LogP contribution >= 0.6 is 15.9 Å². The van der Waals surface area contributed by atoms with E-state index < -0.39 is 6.50 Å². The van der Waals surface area contributed by atoms with E-state index in [0.717, 1.165) is 18.2 Å². The molecule has 3 rings (SSSR count). The summed E-state index contributed by atoms with van der Waals surface area (Å²) in [4.78, 5) is 10.3. The molecule has 2 N–H and O–H groups in total. The zero-order valence-corrected chi connectivity index (χ0v) is 12.0. The summed E-state index contributed by atoms with van der Waals surface area (Å²) in [7, 11) is 0. The minimum Gasteiger partial charge on any atom is -0.393 e. The molecule has 2 heterocycles. The van der Waals surface area contributed by atoms with Gasteiger partial charge in [0.25, 0.3) is 0 Å². The van der Waals surface area contributed by atoms with Gasteiger partial charge < -0.3 is 15.3 Å². The van der Waals surface area contributed by atoms with E-state index in [0.29, 0.717) is 23.3 Å². The second-order valence-corrected chi connectivity index (χ2v) is 5.66. The van der Waals surface area contributed by atoms with Crippen molar-refractivity contribution in [3.05, 3.63) is 23.1 Å². The molecule has 19 heavy (non-hydrogen) atoms. The van der Waals surface area contributed by atoms with Crippen LogP contribution in [-0.4, -0.2) is 33.7 Å². The van der Waals surface area contributed by atoms with Crippen molar-refractivity contribution in [2.75, 3.05) is 16.7 Å². The van der Waals surface area contributed by atoms with Gasteiger partial charge in [-0.25, -0.2) is 9.97 Å². The number of aliphatic hydroxyl groups is 1. The van der Waals surface area contributed by atoms with Crippen LogP contribution < -0.4 is 10.2 Å². The van der Waals surface area contributed by atoms with Crippen LogP contribution in [-0.2, 0) is 0 Å². The smallest absolute Gasteiger partial charge is 0.177 e. The van der Waals surface area contributed by atoms with Crippen LogP contribution in [0.25, 0.3) is 0 Å². The van der Waals surface area contributed by atoms with Gasteiger partial charge in [0.15, 0.2) is 13.0 Å². The summed E-state index contributed by atoms with van der Waals surface area (Å²) in [5, 5.41) is 10.4. The molecule has 1 saturated carbocycles. The molecule has 0 spiro atoms. The second-order valence-electron chi connectivity index (χ2n) is 4.84. The van der Waals surface area contributed by atoms with Gasteiger partial charge in [-0.05, 0) is 41.6 Å². The summed E-state index contributed by atoms with van der Waals surface area (Å²) < 4.78 is 24.8. The first kappa shape index (κ1) is 9.72. The third-order valence-corrected chi connectivity index (χ3v) is 3.93. The Kier molecular flexibility index (Phi) is 2.60. The van der Waals surface area contributed by atoms with E-state index in [1.165, 1.54) is 6.20 Å². The van der Waals surface area contributed by atoms with Crippen molar-refractivity contribution >= 4 is 27.6 Å². The van der Waals surface area contributed by atoms with E-state index in [1.54, 1.807) is 4.90 Å². The summed E-state index contributed by atoms with van der Waals surface area (Å²) in [6.45, 7) is 1.82. The Morgan fingerprint density at radius 1 is 1.53 bits per heavy atom. The maximum atomic E-state index is 9.69. The largest absolute Gasteiger partial charge is 0.393 e. The van der Waals surface area contributed by atoms with Crippen molar-refractivity contribution in [1.29, 1.82) is 0 Å². The number of aromatic nitrogens is 2. The van der Waals surface area contributed by atoms with E-state index >= 15 is 0 Å². The number of hydrogen-bond acceptors (Lipinski definition) is 5. The lowest BCUT2D eigenvalue weighted by molar-refractivity contribution is 0.122. The molecule has 1 aliphatic carbocycles. The van der Waals surface area contributed by atoms with Crippen molar-refractivity contribution in [3.63, 3.8) is 0 Å². The first-order valence-corrected chi connectivity index (χ1v) is 7.10. The predicted octanol–water partition coefficient (Wildman–Crippen LogP) is 2.29. The monoisotopic (exact) mass is 327 g/mol. The summed E-state index contributed by atoms with van der Waals surface area (Å²) in [6.07, 6.45) is 3.93. The second kappa shape index (κ2) is 5.09. The Morgan fingerprint density at radius 2 is 2.26 bits per heavy atom. The van der Waals surface area contributed by atoms with E-state index in [4.69, 9.17) is 4.15 Å². The molecular formula is C13H17BrN4O. The van der Waals surface area contributed by atoms with Gasteiger partial charge in [-0.2, -0.15) is 0 Å². The molecule has 1 aromatic heterocycles. The highest BCUT2D eigenvalue weighted by Gasteiger charge is 2.31. The van der Waals surface area contributed by atoms with E-state index in [9.17, 15) is 5.11 Å². The molecule has 0 unspecified atom stereocenters. The summed E-state index contributed by atoms with van der Waals surface area (Å²) in [5.41, 5.74) is 0.184. The maximum absolute atomic E-state index is 9.69. The highest BCUT2D eigenvalue weighted by Crippen LogP contribution is 2.35. The van der Waals surface area contributed by atoms with E-state index in [1.807, 2.05) is 0 Å². The minimum atomic E-state index is -2.05. The molecule has 0 bridgehead atoms. The maximum Gasteiger partial charge on any atom is 0.177 e. The quantitative estimate of drug-likeness (QED) is 0.828. The van der Waals surface area contributed by atoms with E-state index in [-0.39, 0.29) is 23.7 Å². The Hall–Kier alpha value is -1.14. The van der Waals surface area contributed by atoms with E-state index in [2.05, 4.69) is 32.5 Å². The predicted molar refractivity (Wildman–Crippen MR) is 78.1 cm³/mol. The molecular weight excluding hydrogens is 308 g/mol. The first-order chi connectivity index (χ1) is 10.3. The van der Waals surface area contributed by atoms with Gasteiger partial charge in [0.05, 0.1) is 21.5 Å². The topological polar surface area (TPSA) is 61.3 Å². The van der Waals surface area contributed by atoms with Gasteiger partial charge in [-0.1, -0.05) is 6.58 Å². The van der Waals surface area contributed by atoms with Crippen molar-refractivity contribution in [2.45, 2.75) is 37.8 Å². The molecule has 6 heteroatoms. The number of nitrogens with one attached hydrogen (secondary N) is 1. The molecule has 1 fully saturated rings. The SMILES string of the molecule is [2H]N1c2ncc(Br)nc2N(C2CCC(O)CC2)C(=C)C1([2H])[2H]. The third kappa shape index (κ3) is 2.47. The zero-order chi connectivity index (χ0) is 16.1. The molecule has 1 aliphatic heterocycles. The van der Waals surface area contributed by atoms with Crippen LogP contribution in [0, 0.1) is 0 Å². The van der Waals surface area contributed by atoms with Gasteiger partial charge in [0.1, 0.15) is 4.60 Å². The highest BCUT2D eigenvalue weighted by atomic mass is 79.9. The number of anilines is 2. The average Bonchev–Trinajstić information content (AvgIpc) is 2.47. The Labute approximate surface area is 125 Å². The molecule has 0 aromatic carbocycles. The lowest BCUT2D eigenvalue weighted by Crippen LogP contribution is -2.43. The first-order valence-electron chi connectivity index (χ1n) is 7.75. The van der Waals surface area contributed by atoms with Gasteiger partial charge in [-0.3, -0.25) is 0 Å². The molecule has 0 atom stereocenters. The average molecular weight is 328 g/mol. The van der Waals surface area contributed by atoms with Crippen LogP contribution in [0.15, 0.2) is 23.1 Å². The van der Waals surface area contributed by atoms with Crippen LogP contribution in [0.2, 0.25) is 1.41 Å². The Morgan fingerprint density at radius 3 is 3.00 bits per heavy atom. The van der Waals surface area contributed by atoms with Crippen LogP contribution in [0.3, 0.4) is 0 Å². The van der Waals surface area contributed by atoms with Gasteiger partial charge >= 0.3 is 0 Å². The number of halogens is 1. The molecule has 2 aliphatic rings. The molecule has 0 amide bonds. The lowest BCUT2D eigenvalue weighted by atomic mass is 9.91. The summed E-state index contributed by atoms with van der Waals surface area (Å²) in [6, 6.07) is 0.00187. The molecule has 102 valence electrons. The van der Waals surface area contributed by atoms with Gasteiger partial charge in [-0.15, -0.1) is 0 Å². The van der Waals surface area contributed by atoms with Gasteiger partial charge in [0, 0.05) is 11.7 Å². The zero-order valence-electron chi connectivity index (χ0n) is 13.4. The fraction of sp³-hybridized carbons (Fsp3) is 0.538. The Bertz CT molecular complexity index is 607. The molecule has 0 saturated heterocycles. The van der Waals surface area contributed by atoms with Crippen molar-refractivity contribution in [3.8, 4) is 0 Å². The number of rotatable bonds is 1. The number of hydrogen-bond donors (Lipinski definition) is 2. The number of fused-ring (bicyclic) bond motifs is 1. The molecule has 1 aromatic rings. The third-order valence-electron chi connectivity index (χ3n) is 3.55. The van der Waals surface area contributed by atoms with Crippen molar-refractivity contribution in [2.24, 2.45) is 0 Å². The van der Waals surface area contributed by atoms with Crippen molar-refractivity contribution in [1.82, 2.24) is 9.97 Å². The minimum absolute atomic E-state index is 0.00187. The lowest BCUT2D eigenvalue weighted by Gasteiger charge is -2.40. The highest BCUT2D eigenvalue weighted by molar-refractivity contribution is 9.10. The van der Waals surface area contributed by atoms with Crippen LogP contribution in [0.4, 0.5) is 11.6 Å². The standard InChI is InChI=1S/C13H17BrN4O/c1-8-6-15-12-13(17-11(14)7-16-12)18(8)9-2-4-10(19)5-3-9/h7,9-10,19H,1-6H2,(H,15,16)/i6D2/hD.